The van der Waals surface area contributed by atoms with Crippen molar-refractivity contribution in [3.05, 3.63) is 24.3 Å². The molecule has 4 heteroatoms. The van der Waals surface area contributed by atoms with Crippen molar-refractivity contribution < 1.29 is 4.79 Å². The second-order valence-electron chi connectivity index (χ2n) is 4.38. The standard InChI is InChI=1S/C13H19N3O/c1-2-9-14-10-3-5-11(6-4-10)15-13(17)16-12-7-8-12/h3-6,12,14H,2,7-9H2,1H3,(H2,15,16,17). The van der Waals surface area contributed by atoms with Crippen LogP contribution in [0.4, 0.5) is 16.2 Å². The van der Waals surface area contributed by atoms with Gasteiger partial charge in [0.1, 0.15) is 0 Å². The zero-order valence-electron chi connectivity index (χ0n) is 10.1. The van der Waals surface area contributed by atoms with Crippen LogP contribution in [0.1, 0.15) is 26.2 Å². The van der Waals surface area contributed by atoms with Crippen LogP contribution in [0.5, 0.6) is 0 Å². The van der Waals surface area contributed by atoms with Crippen molar-refractivity contribution in [2.45, 2.75) is 32.2 Å². The van der Waals surface area contributed by atoms with Gasteiger partial charge >= 0.3 is 6.03 Å². The van der Waals surface area contributed by atoms with E-state index in [9.17, 15) is 4.79 Å². The number of hydrogen-bond acceptors (Lipinski definition) is 2. The molecule has 0 aliphatic heterocycles. The summed E-state index contributed by atoms with van der Waals surface area (Å²) >= 11 is 0. The van der Waals surface area contributed by atoms with Crippen LogP contribution in [0.2, 0.25) is 0 Å². The Morgan fingerprint density at radius 3 is 2.47 bits per heavy atom. The number of carbonyl (C=O) groups excluding carboxylic acids is 1. The van der Waals surface area contributed by atoms with Gasteiger partial charge in [-0.05, 0) is 43.5 Å². The van der Waals surface area contributed by atoms with E-state index in [-0.39, 0.29) is 6.03 Å². The zero-order chi connectivity index (χ0) is 12.1. The first-order valence-corrected chi connectivity index (χ1v) is 6.19. The number of nitrogens with one attached hydrogen (secondary N) is 3. The Hall–Kier alpha value is -1.71. The van der Waals surface area contributed by atoms with Crippen molar-refractivity contribution >= 4 is 17.4 Å². The maximum Gasteiger partial charge on any atom is 0.319 e. The maximum absolute atomic E-state index is 11.5. The second kappa shape index (κ2) is 5.57. The fourth-order valence-corrected chi connectivity index (χ4v) is 1.52. The Balaban J connectivity index is 1.81. The molecule has 0 saturated heterocycles. The predicted octanol–water partition coefficient (Wildman–Crippen LogP) is 2.79. The highest BCUT2D eigenvalue weighted by atomic mass is 16.2. The van der Waals surface area contributed by atoms with Crippen LogP contribution in [0.25, 0.3) is 0 Å². The molecule has 2 rings (SSSR count). The molecule has 1 aliphatic rings. The Morgan fingerprint density at radius 2 is 1.88 bits per heavy atom. The molecule has 1 aromatic carbocycles. The van der Waals surface area contributed by atoms with Gasteiger partial charge < -0.3 is 16.0 Å². The van der Waals surface area contributed by atoms with E-state index in [2.05, 4.69) is 22.9 Å². The summed E-state index contributed by atoms with van der Waals surface area (Å²) < 4.78 is 0. The van der Waals surface area contributed by atoms with Crippen LogP contribution < -0.4 is 16.0 Å². The Kier molecular flexibility index (Phi) is 3.85. The summed E-state index contributed by atoms with van der Waals surface area (Å²) in [6.45, 7) is 3.10. The van der Waals surface area contributed by atoms with Gasteiger partial charge in [-0.2, -0.15) is 0 Å². The third-order valence-electron chi connectivity index (χ3n) is 2.63. The normalized spacial score (nSPS) is 14.2. The first kappa shape index (κ1) is 11.8. The molecule has 3 N–H and O–H groups in total. The summed E-state index contributed by atoms with van der Waals surface area (Å²) in [7, 11) is 0. The number of amides is 2. The topological polar surface area (TPSA) is 53.2 Å². The lowest BCUT2D eigenvalue weighted by Gasteiger charge is -2.08. The van der Waals surface area contributed by atoms with Crippen molar-refractivity contribution in [1.29, 1.82) is 0 Å². The Bertz CT molecular complexity index is 371. The number of carbonyl (C=O) groups is 1. The molecule has 0 heterocycles. The molecule has 0 aromatic heterocycles. The molecular formula is C13H19N3O. The summed E-state index contributed by atoms with van der Waals surface area (Å²) in [6, 6.07) is 8.04. The number of urea groups is 1. The quantitative estimate of drug-likeness (QED) is 0.732. The molecule has 0 spiro atoms. The molecule has 1 aromatic rings. The van der Waals surface area contributed by atoms with Gasteiger partial charge in [0.25, 0.3) is 0 Å². The summed E-state index contributed by atoms with van der Waals surface area (Å²) in [4.78, 5) is 11.5. The largest absolute Gasteiger partial charge is 0.385 e. The fraction of sp³-hybridized carbons (Fsp3) is 0.462. The third kappa shape index (κ3) is 3.98. The van der Waals surface area contributed by atoms with Gasteiger partial charge in [0.2, 0.25) is 0 Å². The minimum Gasteiger partial charge on any atom is -0.385 e. The van der Waals surface area contributed by atoms with Gasteiger partial charge in [-0.3, -0.25) is 0 Å². The van der Waals surface area contributed by atoms with Crippen LogP contribution in [0.3, 0.4) is 0 Å². The molecule has 0 unspecified atom stereocenters. The number of anilines is 2. The summed E-state index contributed by atoms with van der Waals surface area (Å²) in [5.41, 5.74) is 1.91. The SMILES string of the molecule is CCCNc1ccc(NC(=O)NC2CC2)cc1. The first-order chi connectivity index (χ1) is 8.28. The molecule has 2 amide bonds. The van der Waals surface area contributed by atoms with E-state index in [1.54, 1.807) is 0 Å². The fourth-order valence-electron chi connectivity index (χ4n) is 1.52. The van der Waals surface area contributed by atoms with E-state index in [4.69, 9.17) is 0 Å². The van der Waals surface area contributed by atoms with E-state index < -0.39 is 0 Å². The number of benzene rings is 1. The summed E-state index contributed by atoms with van der Waals surface area (Å²) in [5, 5.41) is 8.99. The van der Waals surface area contributed by atoms with E-state index in [0.717, 1.165) is 37.2 Å². The monoisotopic (exact) mass is 233 g/mol. The molecule has 0 atom stereocenters. The van der Waals surface area contributed by atoms with Gasteiger partial charge in [-0.25, -0.2) is 4.79 Å². The molecule has 1 aliphatic carbocycles. The van der Waals surface area contributed by atoms with E-state index >= 15 is 0 Å². The van der Waals surface area contributed by atoms with Crippen LogP contribution in [0, 0.1) is 0 Å². The molecule has 0 bridgehead atoms. The van der Waals surface area contributed by atoms with Crippen molar-refractivity contribution in [1.82, 2.24) is 5.32 Å². The molecule has 92 valence electrons. The second-order valence-corrected chi connectivity index (χ2v) is 4.38. The molecule has 4 nitrogen and oxygen atoms in total. The lowest BCUT2D eigenvalue weighted by atomic mass is 10.2. The van der Waals surface area contributed by atoms with E-state index in [0.29, 0.717) is 6.04 Å². The summed E-state index contributed by atoms with van der Waals surface area (Å²) in [5.74, 6) is 0. The van der Waals surface area contributed by atoms with Gasteiger partial charge in [0.05, 0.1) is 0 Å². The first-order valence-electron chi connectivity index (χ1n) is 6.19. The van der Waals surface area contributed by atoms with Crippen LogP contribution >= 0.6 is 0 Å². The Labute approximate surface area is 102 Å². The minimum atomic E-state index is -0.109. The highest BCUT2D eigenvalue weighted by molar-refractivity contribution is 5.89. The van der Waals surface area contributed by atoms with E-state index in [1.807, 2.05) is 24.3 Å². The third-order valence-corrected chi connectivity index (χ3v) is 2.63. The zero-order valence-corrected chi connectivity index (χ0v) is 10.1. The highest BCUT2D eigenvalue weighted by Crippen LogP contribution is 2.19. The van der Waals surface area contributed by atoms with Crippen LogP contribution in [-0.2, 0) is 0 Å². The van der Waals surface area contributed by atoms with Gasteiger partial charge in [0, 0.05) is 24.0 Å². The van der Waals surface area contributed by atoms with Crippen molar-refractivity contribution in [2.75, 3.05) is 17.2 Å². The molecular weight excluding hydrogens is 214 g/mol. The van der Waals surface area contributed by atoms with Crippen molar-refractivity contribution in [3.8, 4) is 0 Å². The van der Waals surface area contributed by atoms with Crippen LogP contribution in [0.15, 0.2) is 24.3 Å². The summed E-state index contributed by atoms with van der Waals surface area (Å²) in [6.07, 6.45) is 3.31. The number of hydrogen-bond donors (Lipinski definition) is 3. The lowest BCUT2D eigenvalue weighted by molar-refractivity contribution is 0.251. The Morgan fingerprint density at radius 1 is 1.24 bits per heavy atom. The average molecular weight is 233 g/mol. The van der Waals surface area contributed by atoms with Crippen LogP contribution in [-0.4, -0.2) is 18.6 Å². The molecule has 17 heavy (non-hydrogen) atoms. The van der Waals surface area contributed by atoms with E-state index in [1.165, 1.54) is 0 Å². The van der Waals surface area contributed by atoms with Crippen molar-refractivity contribution in [3.63, 3.8) is 0 Å². The lowest BCUT2D eigenvalue weighted by Crippen LogP contribution is -2.30. The minimum absolute atomic E-state index is 0.109. The predicted molar refractivity (Wildman–Crippen MR) is 70.4 cm³/mol. The van der Waals surface area contributed by atoms with Crippen molar-refractivity contribution in [2.24, 2.45) is 0 Å². The van der Waals surface area contributed by atoms with Gasteiger partial charge in [0.15, 0.2) is 0 Å². The molecule has 0 radical (unpaired) electrons. The smallest absolute Gasteiger partial charge is 0.319 e. The molecule has 1 saturated carbocycles. The highest BCUT2D eigenvalue weighted by Gasteiger charge is 2.22. The molecule has 1 fully saturated rings. The average Bonchev–Trinajstić information content (AvgIpc) is 3.12. The van der Waals surface area contributed by atoms with Gasteiger partial charge in [-0.15, -0.1) is 0 Å². The maximum atomic E-state index is 11.5. The van der Waals surface area contributed by atoms with Gasteiger partial charge in [-0.1, -0.05) is 6.92 Å². The number of rotatable bonds is 5.